The Balaban J connectivity index is 1.50. The molecule has 1 aromatic heterocycles. The van der Waals surface area contributed by atoms with Crippen molar-refractivity contribution in [1.29, 1.82) is 0 Å². The van der Waals surface area contributed by atoms with Gasteiger partial charge in [0.1, 0.15) is 0 Å². The number of amides is 2. The predicted molar refractivity (Wildman–Crippen MR) is 98.1 cm³/mol. The summed E-state index contributed by atoms with van der Waals surface area (Å²) in [5.74, 6) is -2.07. The van der Waals surface area contributed by atoms with E-state index in [1.165, 1.54) is 33.9 Å². The molecule has 0 bridgehead atoms. The van der Waals surface area contributed by atoms with Crippen LogP contribution in [0.3, 0.4) is 0 Å². The number of alkyl halides is 3. The van der Waals surface area contributed by atoms with Crippen LogP contribution in [-0.4, -0.2) is 50.7 Å². The normalized spacial score (nSPS) is 13.9. The Morgan fingerprint density at radius 3 is 2.50 bits per heavy atom. The second-order valence-corrected chi connectivity index (χ2v) is 6.54. The van der Waals surface area contributed by atoms with Crippen LogP contribution in [0.1, 0.15) is 27.3 Å². The summed E-state index contributed by atoms with van der Waals surface area (Å²) in [6, 6.07) is 5.70. The molecule has 11 heteroatoms. The Hall–Kier alpha value is -3.63. The topological polar surface area (TPSA) is 105 Å². The maximum absolute atomic E-state index is 12.5. The van der Waals surface area contributed by atoms with Crippen LogP contribution < -0.4 is 5.32 Å². The molecule has 0 atom stereocenters. The molecule has 1 aliphatic heterocycles. The van der Waals surface area contributed by atoms with Crippen LogP contribution in [0.15, 0.2) is 36.4 Å². The number of carboxylic acid groups (broad SMARTS) is 1. The van der Waals surface area contributed by atoms with Crippen molar-refractivity contribution in [3.05, 3.63) is 58.9 Å². The molecule has 158 valence electrons. The van der Waals surface area contributed by atoms with Gasteiger partial charge in [0.15, 0.2) is 5.69 Å². The molecule has 2 aromatic rings. The van der Waals surface area contributed by atoms with Gasteiger partial charge in [-0.15, -0.1) is 0 Å². The summed E-state index contributed by atoms with van der Waals surface area (Å²) >= 11 is 0. The number of carbonyl (C=O) groups excluding carboxylic acids is 2. The van der Waals surface area contributed by atoms with Gasteiger partial charge in [0.25, 0.3) is 0 Å². The fraction of sp³-hybridized carbons (Fsp3) is 0.263. The lowest BCUT2D eigenvalue weighted by molar-refractivity contribution is -0.137. The summed E-state index contributed by atoms with van der Waals surface area (Å²) in [6.07, 6.45) is -1.96. The standard InChI is InChI=1S/C19H17F3N4O4/c20-19(21,22)13-4-1-12(2-5-13)3-6-16(27)23-10-17(28)25-7-8-26-14(11-25)9-15(24-26)18(29)30/h1-6,9H,7-8,10-11H2,(H,23,27)(H,29,30)/b6-3+. The number of carbonyl (C=O) groups is 3. The fourth-order valence-electron chi connectivity index (χ4n) is 2.87. The van der Waals surface area contributed by atoms with Crippen LogP contribution in [0.4, 0.5) is 13.2 Å². The highest BCUT2D eigenvalue weighted by Crippen LogP contribution is 2.29. The van der Waals surface area contributed by atoms with Crippen molar-refractivity contribution in [1.82, 2.24) is 20.0 Å². The van der Waals surface area contributed by atoms with Gasteiger partial charge in [0.05, 0.1) is 30.9 Å². The summed E-state index contributed by atoms with van der Waals surface area (Å²) < 4.78 is 39.1. The van der Waals surface area contributed by atoms with Crippen molar-refractivity contribution in [3.63, 3.8) is 0 Å². The zero-order valence-electron chi connectivity index (χ0n) is 15.5. The van der Waals surface area contributed by atoms with E-state index in [2.05, 4.69) is 10.4 Å². The largest absolute Gasteiger partial charge is 0.476 e. The molecule has 2 heterocycles. The van der Waals surface area contributed by atoms with Crippen molar-refractivity contribution in [2.45, 2.75) is 19.3 Å². The van der Waals surface area contributed by atoms with E-state index in [0.717, 1.165) is 18.2 Å². The zero-order valence-corrected chi connectivity index (χ0v) is 15.5. The van der Waals surface area contributed by atoms with Gasteiger partial charge in [0.2, 0.25) is 11.8 Å². The number of hydrogen-bond donors (Lipinski definition) is 2. The first-order chi connectivity index (χ1) is 14.1. The molecule has 0 saturated carbocycles. The van der Waals surface area contributed by atoms with Crippen LogP contribution >= 0.6 is 0 Å². The van der Waals surface area contributed by atoms with E-state index in [1.54, 1.807) is 0 Å². The van der Waals surface area contributed by atoms with E-state index in [0.29, 0.717) is 24.3 Å². The van der Waals surface area contributed by atoms with E-state index in [9.17, 15) is 27.6 Å². The van der Waals surface area contributed by atoms with E-state index in [1.807, 2.05) is 0 Å². The number of benzene rings is 1. The summed E-state index contributed by atoms with van der Waals surface area (Å²) in [4.78, 5) is 36.6. The third kappa shape index (κ3) is 5.04. The maximum Gasteiger partial charge on any atom is 0.416 e. The molecule has 1 aliphatic rings. The van der Waals surface area contributed by atoms with Gasteiger partial charge < -0.3 is 15.3 Å². The fourth-order valence-corrected chi connectivity index (χ4v) is 2.87. The quantitative estimate of drug-likeness (QED) is 0.715. The van der Waals surface area contributed by atoms with Crippen LogP contribution in [-0.2, 0) is 28.9 Å². The molecule has 3 rings (SSSR count). The minimum absolute atomic E-state index is 0.0963. The van der Waals surface area contributed by atoms with Crippen molar-refractivity contribution in [3.8, 4) is 0 Å². The van der Waals surface area contributed by atoms with Gasteiger partial charge in [0, 0.05) is 12.6 Å². The van der Waals surface area contributed by atoms with Gasteiger partial charge in [-0.05, 0) is 29.8 Å². The van der Waals surface area contributed by atoms with E-state index in [-0.39, 0.29) is 24.7 Å². The molecule has 0 radical (unpaired) electrons. The molecule has 8 nitrogen and oxygen atoms in total. The first kappa shape index (κ1) is 21.1. The number of nitrogens with zero attached hydrogens (tertiary/aromatic N) is 3. The molecule has 0 fully saturated rings. The number of fused-ring (bicyclic) bond motifs is 1. The molecule has 2 amide bonds. The smallest absolute Gasteiger partial charge is 0.416 e. The Bertz CT molecular complexity index is 996. The molecular weight excluding hydrogens is 405 g/mol. The molecule has 0 saturated heterocycles. The van der Waals surface area contributed by atoms with Crippen molar-refractivity contribution in [2.24, 2.45) is 0 Å². The zero-order chi connectivity index (χ0) is 21.9. The number of hydrogen-bond acceptors (Lipinski definition) is 4. The molecule has 0 unspecified atom stereocenters. The molecule has 0 spiro atoms. The second kappa shape index (κ2) is 8.39. The Morgan fingerprint density at radius 1 is 1.17 bits per heavy atom. The summed E-state index contributed by atoms with van der Waals surface area (Å²) in [5.41, 5.74) is 0.109. The number of aromatic carboxylic acids is 1. The summed E-state index contributed by atoms with van der Waals surface area (Å²) in [6.45, 7) is 0.576. The van der Waals surface area contributed by atoms with Crippen LogP contribution in [0.2, 0.25) is 0 Å². The van der Waals surface area contributed by atoms with Crippen molar-refractivity contribution in [2.75, 3.05) is 13.1 Å². The third-order valence-corrected chi connectivity index (χ3v) is 4.45. The first-order valence-electron chi connectivity index (χ1n) is 8.84. The lowest BCUT2D eigenvalue weighted by Crippen LogP contribution is -2.43. The molecular formula is C19H17F3N4O4. The minimum Gasteiger partial charge on any atom is -0.476 e. The number of aromatic nitrogens is 2. The van der Waals surface area contributed by atoms with E-state index < -0.39 is 23.6 Å². The van der Waals surface area contributed by atoms with Crippen LogP contribution in [0.25, 0.3) is 6.08 Å². The van der Waals surface area contributed by atoms with Crippen molar-refractivity contribution >= 4 is 23.9 Å². The Kier molecular flexibility index (Phi) is 5.90. The van der Waals surface area contributed by atoms with Crippen molar-refractivity contribution < 1.29 is 32.7 Å². The average Bonchev–Trinajstić information content (AvgIpc) is 3.14. The number of nitrogens with one attached hydrogen (secondary N) is 1. The van der Waals surface area contributed by atoms with Gasteiger partial charge in [-0.2, -0.15) is 18.3 Å². The molecule has 0 aliphatic carbocycles. The van der Waals surface area contributed by atoms with Gasteiger partial charge in [-0.25, -0.2) is 4.79 Å². The summed E-state index contributed by atoms with van der Waals surface area (Å²) in [5, 5.41) is 15.3. The van der Waals surface area contributed by atoms with Crippen LogP contribution in [0, 0.1) is 0 Å². The lowest BCUT2D eigenvalue weighted by Gasteiger charge is -2.27. The highest BCUT2D eigenvalue weighted by molar-refractivity contribution is 5.94. The average molecular weight is 422 g/mol. The van der Waals surface area contributed by atoms with E-state index in [4.69, 9.17) is 5.11 Å². The monoisotopic (exact) mass is 422 g/mol. The molecule has 2 N–H and O–H groups in total. The third-order valence-electron chi connectivity index (χ3n) is 4.45. The van der Waals surface area contributed by atoms with E-state index >= 15 is 0 Å². The maximum atomic E-state index is 12.5. The number of halogens is 3. The minimum atomic E-state index is -4.43. The van der Waals surface area contributed by atoms with Gasteiger partial charge in [-0.1, -0.05) is 12.1 Å². The lowest BCUT2D eigenvalue weighted by atomic mass is 10.1. The van der Waals surface area contributed by atoms with Gasteiger partial charge >= 0.3 is 12.1 Å². The second-order valence-electron chi connectivity index (χ2n) is 6.54. The number of rotatable bonds is 5. The molecule has 30 heavy (non-hydrogen) atoms. The number of carboxylic acids is 1. The predicted octanol–water partition coefficient (Wildman–Crippen LogP) is 1.77. The summed E-state index contributed by atoms with van der Waals surface area (Å²) in [7, 11) is 0. The molecule has 1 aromatic carbocycles. The Labute approximate surface area is 168 Å². The SMILES string of the molecule is O=C(/C=C/c1ccc(C(F)(F)F)cc1)NCC(=O)N1CCn2nc(C(=O)O)cc2C1. The van der Waals surface area contributed by atoms with Gasteiger partial charge in [-0.3, -0.25) is 14.3 Å². The first-order valence-corrected chi connectivity index (χ1v) is 8.84. The highest BCUT2D eigenvalue weighted by Gasteiger charge is 2.29. The highest BCUT2D eigenvalue weighted by atomic mass is 19.4. The Morgan fingerprint density at radius 2 is 1.87 bits per heavy atom. The van der Waals surface area contributed by atoms with Crippen LogP contribution in [0.5, 0.6) is 0 Å².